The van der Waals surface area contributed by atoms with Crippen LogP contribution in [0, 0.1) is 0 Å². The lowest BCUT2D eigenvalue weighted by Crippen LogP contribution is -2.43. The Labute approximate surface area is 129 Å². The summed E-state index contributed by atoms with van der Waals surface area (Å²) in [7, 11) is 2.02. The van der Waals surface area contributed by atoms with E-state index in [1.54, 1.807) is 12.1 Å². The number of likely N-dealkylation sites (N-methyl/N-ethyl adjacent to an activating group) is 1. The van der Waals surface area contributed by atoms with Crippen LogP contribution in [0.4, 0.5) is 18.9 Å². The number of alkyl halides is 3. The van der Waals surface area contributed by atoms with Gasteiger partial charge in [0.15, 0.2) is 0 Å². The van der Waals surface area contributed by atoms with Gasteiger partial charge in [-0.25, -0.2) is 0 Å². The van der Waals surface area contributed by atoms with Gasteiger partial charge in [0.05, 0.1) is 17.2 Å². The number of halogens is 4. The lowest BCUT2D eigenvalue weighted by atomic mass is 10.2. The van der Waals surface area contributed by atoms with Crippen LogP contribution in [0.25, 0.3) is 0 Å². The molecule has 1 heterocycles. The third-order valence-corrected chi connectivity index (χ3v) is 3.65. The number of anilines is 1. The molecule has 0 bridgehead atoms. The molecule has 1 fully saturated rings. The Balaban J connectivity index is 1.91. The number of rotatable bonds is 4. The third-order valence-electron chi connectivity index (χ3n) is 3.03. The van der Waals surface area contributed by atoms with E-state index in [4.69, 9.17) is 4.74 Å². The molecule has 0 saturated carbocycles. The molecular weight excluding hydrogens is 353 g/mol. The summed E-state index contributed by atoms with van der Waals surface area (Å²) in [6, 6.07) is 4.36. The Bertz CT molecular complexity index is 485. The zero-order chi connectivity index (χ0) is 15.5. The van der Waals surface area contributed by atoms with Crippen molar-refractivity contribution in [1.82, 2.24) is 4.90 Å². The van der Waals surface area contributed by atoms with E-state index in [-0.39, 0.29) is 16.3 Å². The van der Waals surface area contributed by atoms with Gasteiger partial charge >= 0.3 is 6.36 Å². The minimum absolute atomic E-state index is 0.0635. The van der Waals surface area contributed by atoms with Gasteiger partial charge in [-0.3, -0.25) is 0 Å². The van der Waals surface area contributed by atoms with Gasteiger partial charge in [-0.1, -0.05) is 0 Å². The summed E-state index contributed by atoms with van der Waals surface area (Å²) in [5, 5.41) is 3.15. The van der Waals surface area contributed by atoms with E-state index in [2.05, 4.69) is 30.9 Å². The molecular formula is C13H16BrF3N2O2. The molecule has 0 radical (unpaired) electrons. The molecule has 1 aromatic rings. The monoisotopic (exact) mass is 368 g/mol. The van der Waals surface area contributed by atoms with Gasteiger partial charge in [0.1, 0.15) is 5.75 Å². The number of nitrogens with one attached hydrogen (secondary N) is 1. The summed E-state index contributed by atoms with van der Waals surface area (Å²) in [6.07, 6.45) is -4.63. The highest BCUT2D eigenvalue weighted by molar-refractivity contribution is 9.10. The second kappa shape index (κ2) is 6.85. The second-order valence-corrected chi connectivity index (χ2v) is 5.68. The molecule has 1 unspecified atom stereocenters. The topological polar surface area (TPSA) is 33.7 Å². The van der Waals surface area contributed by atoms with Gasteiger partial charge in [-0.2, -0.15) is 0 Å². The van der Waals surface area contributed by atoms with E-state index in [0.717, 1.165) is 13.1 Å². The lowest BCUT2D eigenvalue weighted by Gasteiger charge is -2.30. The van der Waals surface area contributed by atoms with Gasteiger partial charge < -0.3 is 19.7 Å². The van der Waals surface area contributed by atoms with Crippen molar-refractivity contribution in [2.45, 2.75) is 12.5 Å². The summed E-state index contributed by atoms with van der Waals surface area (Å²) in [4.78, 5) is 2.17. The molecule has 0 amide bonds. The molecule has 1 saturated heterocycles. The van der Waals surface area contributed by atoms with E-state index in [1.807, 2.05) is 7.05 Å². The van der Waals surface area contributed by atoms with Gasteiger partial charge in [-0.15, -0.1) is 13.2 Å². The van der Waals surface area contributed by atoms with Crippen LogP contribution in [0.5, 0.6) is 5.75 Å². The Hall–Kier alpha value is -0.990. The maximum absolute atomic E-state index is 12.2. The second-order valence-electron chi connectivity index (χ2n) is 4.83. The molecule has 1 N–H and O–H groups in total. The number of morpholine rings is 1. The number of benzene rings is 1. The smallest absolute Gasteiger partial charge is 0.405 e. The van der Waals surface area contributed by atoms with Crippen LogP contribution in [0.2, 0.25) is 0 Å². The molecule has 0 aliphatic carbocycles. The SMILES string of the molecule is CN1CCOC(CNc2ccc(OC(F)(F)F)c(Br)c2)C1. The van der Waals surface area contributed by atoms with E-state index in [9.17, 15) is 13.2 Å². The first-order valence-corrected chi connectivity index (χ1v) is 7.22. The summed E-state index contributed by atoms with van der Waals surface area (Å²) < 4.78 is 46.2. The van der Waals surface area contributed by atoms with Crippen molar-refractivity contribution in [2.24, 2.45) is 0 Å². The fourth-order valence-electron chi connectivity index (χ4n) is 2.04. The van der Waals surface area contributed by atoms with Crippen molar-refractivity contribution in [3.8, 4) is 5.75 Å². The van der Waals surface area contributed by atoms with Crippen LogP contribution < -0.4 is 10.1 Å². The molecule has 21 heavy (non-hydrogen) atoms. The average molecular weight is 369 g/mol. The third kappa shape index (κ3) is 5.37. The van der Waals surface area contributed by atoms with Crippen molar-refractivity contribution < 1.29 is 22.6 Å². The highest BCUT2D eigenvalue weighted by atomic mass is 79.9. The normalized spacial score (nSPS) is 20.3. The van der Waals surface area contributed by atoms with E-state index in [0.29, 0.717) is 18.8 Å². The largest absolute Gasteiger partial charge is 0.573 e. The Morgan fingerprint density at radius 3 is 2.86 bits per heavy atom. The first-order valence-electron chi connectivity index (χ1n) is 6.43. The summed E-state index contributed by atoms with van der Waals surface area (Å²) >= 11 is 3.07. The van der Waals surface area contributed by atoms with Crippen LogP contribution in [0.1, 0.15) is 0 Å². The molecule has 2 rings (SSSR count). The van der Waals surface area contributed by atoms with Crippen molar-refractivity contribution in [2.75, 3.05) is 38.6 Å². The first kappa shape index (κ1) is 16.4. The van der Waals surface area contributed by atoms with E-state index < -0.39 is 6.36 Å². The zero-order valence-corrected chi connectivity index (χ0v) is 13.0. The van der Waals surface area contributed by atoms with Crippen molar-refractivity contribution in [3.63, 3.8) is 0 Å². The minimum Gasteiger partial charge on any atom is -0.405 e. The predicted octanol–water partition coefficient (Wildman–Crippen LogP) is 3.09. The summed E-state index contributed by atoms with van der Waals surface area (Å²) in [5.74, 6) is -0.262. The molecule has 1 aromatic carbocycles. The molecule has 0 spiro atoms. The molecule has 1 atom stereocenters. The summed E-state index contributed by atoms with van der Waals surface area (Å²) in [6.45, 7) is 3.01. The standard InChI is InChI=1S/C13H16BrF3N2O2/c1-19-4-5-20-10(8-19)7-18-9-2-3-12(11(14)6-9)21-13(15,16)17/h2-3,6,10,18H,4-5,7-8H2,1H3. The van der Waals surface area contributed by atoms with Gasteiger partial charge in [0.2, 0.25) is 0 Å². The average Bonchev–Trinajstić information content (AvgIpc) is 2.38. The van der Waals surface area contributed by atoms with Crippen molar-refractivity contribution in [3.05, 3.63) is 22.7 Å². The molecule has 8 heteroatoms. The van der Waals surface area contributed by atoms with Crippen LogP contribution in [-0.4, -0.2) is 50.7 Å². The Kier molecular flexibility index (Phi) is 5.34. The number of hydrogen-bond acceptors (Lipinski definition) is 4. The van der Waals surface area contributed by atoms with Gasteiger partial charge in [0.25, 0.3) is 0 Å². The van der Waals surface area contributed by atoms with Crippen molar-refractivity contribution >= 4 is 21.6 Å². The fraction of sp³-hybridized carbons (Fsp3) is 0.538. The molecule has 1 aliphatic rings. The van der Waals surface area contributed by atoms with Crippen molar-refractivity contribution in [1.29, 1.82) is 0 Å². The number of hydrogen-bond donors (Lipinski definition) is 1. The van der Waals surface area contributed by atoms with Crippen LogP contribution in [0.3, 0.4) is 0 Å². The maximum Gasteiger partial charge on any atom is 0.573 e. The van der Waals surface area contributed by atoms with Gasteiger partial charge in [0, 0.05) is 25.3 Å². The quantitative estimate of drug-likeness (QED) is 0.885. The first-order chi connectivity index (χ1) is 9.83. The molecule has 118 valence electrons. The Morgan fingerprint density at radius 2 is 2.24 bits per heavy atom. The Morgan fingerprint density at radius 1 is 1.48 bits per heavy atom. The summed E-state index contributed by atoms with van der Waals surface area (Å²) in [5.41, 5.74) is 0.702. The van der Waals surface area contributed by atoms with Crippen LogP contribution in [-0.2, 0) is 4.74 Å². The highest BCUT2D eigenvalue weighted by Crippen LogP contribution is 2.32. The highest BCUT2D eigenvalue weighted by Gasteiger charge is 2.32. The predicted molar refractivity (Wildman–Crippen MR) is 76.6 cm³/mol. The van der Waals surface area contributed by atoms with Crippen LogP contribution in [0.15, 0.2) is 22.7 Å². The minimum atomic E-state index is -4.70. The van der Waals surface area contributed by atoms with E-state index >= 15 is 0 Å². The maximum atomic E-state index is 12.2. The lowest BCUT2D eigenvalue weighted by molar-refractivity contribution is -0.274. The molecule has 4 nitrogen and oxygen atoms in total. The molecule has 0 aromatic heterocycles. The number of nitrogens with zero attached hydrogens (tertiary/aromatic N) is 1. The van der Waals surface area contributed by atoms with Gasteiger partial charge in [-0.05, 0) is 41.2 Å². The van der Waals surface area contributed by atoms with E-state index in [1.165, 1.54) is 6.07 Å². The number of ether oxygens (including phenoxy) is 2. The zero-order valence-electron chi connectivity index (χ0n) is 11.4. The fourth-order valence-corrected chi connectivity index (χ4v) is 2.50. The molecule has 1 aliphatic heterocycles. The van der Waals surface area contributed by atoms with Crippen LogP contribution >= 0.6 is 15.9 Å².